The first kappa shape index (κ1) is 17.1. The van der Waals surface area contributed by atoms with Gasteiger partial charge < -0.3 is 19.5 Å². The van der Waals surface area contributed by atoms with Crippen LogP contribution in [0.3, 0.4) is 0 Å². The average Bonchev–Trinajstić information content (AvgIpc) is 2.45. The van der Waals surface area contributed by atoms with Crippen LogP contribution in [-0.4, -0.2) is 33.5 Å². The lowest BCUT2D eigenvalue weighted by Crippen LogP contribution is -2.16. The molecule has 5 heteroatoms. The number of ether oxygens (including phenoxy) is 3. The van der Waals surface area contributed by atoms with Gasteiger partial charge in [-0.05, 0) is 38.4 Å². The third kappa shape index (κ3) is 5.57. The molecule has 0 aliphatic heterocycles. The van der Waals surface area contributed by atoms with Crippen LogP contribution in [-0.2, 0) is 11.3 Å². The third-order valence-electron chi connectivity index (χ3n) is 2.79. The van der Waals surface area contributed by atoms with Crippen LogP contribution in [0.25, 0.3) is 0 Å². The lowest BCUT2D eigenvalue weighted by atomic mass is 10.2. The second-order valence-corrected chi connectivity index (χ2v) is 4.66. The molecular formula is C15H24ClNO3. The fraction of sp³-hybridized carbons (Fsp3) is 0.600. The monoisotopic (exact) mass is 301 g/mol. The van der Waals surface area contributed by atoms with Gasteiger partial charge in [0.05, 0.1) is 13.7 Å². The Hall–Kier alpha value is -0.970. The molecule has 0 aromatic heterocycles. The van der Waals surface area contributed by atoms with E-state index in [9.17, 15) is 0 Å². The van der Waals surface area contributed by atoms with Crippen molar-refractivity contribution in [2.24, 2.45) is 0 Å². The molecule has 0 amide bonds. The van der Waals surface area contributed by atoms with Crippen molar-refractivity contribution in [3.05, 3.63) is 22.7 Å². The minimum atomic E-state index is 0.585. The highest BCUT2D eigenvalue weighted by molar-refractivity contribution is 6.31. The van der Waals surface area contributed by atoms with Crippen molar-refractivity contribution in [1.29, 1.82) is 0 Å². The molecule has 0 unspecified atom stereocenters. The van der Waals surface area contributed by atoms with Gasteiger partial charge >= 0.3 is 0 Å². The molecule has 0 atom stereocenters. The van der Waals surface area contributed by atoms with E-state index in [1.54, 1.807) is 13.2 Å². The Kier molecular flexibility index (Phi) is 8.42. The normalized spacial score (nSPS) is 10.6. The predicted octanol–water partition coefficient (Wildman–Crippen LogP) is 3.26. The van der Waals surface area contributed by atoms with E-state index in [1.807, 2.05) is 19.9 Å². The minimum absolute atomic E-state index is 0.585. The fourth-order valence-electron chi connectivity index (χ4n) is 1.81. The standard InChI is InChI=1S/C15H24ClNO3/c1-4-19-8-6-7-17-11-12-9-14(18-3)15(20-5-2)10-13(12)16/h9-10,17H,4-8,11H2,1-3H3. The summed E-state index contributed by atoms with van der Waals surface area (Å²) in [6.45, 7) is 7.66. The first-order valence-electron chi connectivity index (χ1n) is 7.00. The molecule has 0 heterocycles. The maximum absolute atomic E-state index is 6.26. The van der Waals surface area contributed by atoms with Crippen molar-refractivity contribution in [2.45, 2.75) is 26.8 Å². The van der Waals surface area contributed by atoms with E-state index < -0.39 is 0 Å². The van der Waals surface area contributed by atoms with Gasteiger partial charge in [-0.2, -0.15) is 0 Å². The molecule has 0 fully saturated rings. The van der Waals surface area contributed by atoms with Gasteiger partial charge in [0.2, 0.25) is 0 Å². The summed E-state index contributed by atoms with van der Waals surface area (Å²) in [4.78, 5) is 0. The summed E-state index contributed by atoms with van der Waals surface area (Å²) in [5, 5.41) is 4.03. The molecule has 0 aliphatic rings. The van der Waals surface area contributed by atoms with Gasteiger partial charge in [0.25, 0.3) is 0 Å². The molecule has 0 bridgehead atoms. The van der Waals surface area contributed by atoms with Gasteiger partial charge in [-0.3, -0.25) is 0 Å². The van der Waals surface area contributed by atoms with Gasteiger partial charge in [0.1, 0.15) is 0 Å². The summed E-state index contributed by atoms with van der Waals surface area (Å²) in [5.74, 6) is 1.39. The molecular weight excluding hydrogens is 278 g/mol. The Balaban J connectivity index is 2.53. The van der Waals surface area contributed by atoms with Crippen molar-refractivity contribution < 1.29 is 14.2 Å². The van der Waals surface area contributed by atoms with Crippen molar-refractivity contribution >= 4 is 11.6 Å². The van der Waals surface area contributed by atoms with Crippen molar-refractivity contribution in [2.75, 3.05) is 33.5 Å². The molecule has 0 saturated heterocycles. The van der Waals surface area contributed by atoms with Crippen LogP contribution < -0.4 is 14.8 Å². The molecule has 114 valence electrons. The quantitative estimate of drug-likeness (QED) is 0.673. The first-order valence-corrected chi connectivity index (χ1v) is 7.38. The number of hydrogen-bond donors (Lipinski definition) is 1. The topological polar surface area (TPSA) is 39.7 Å². The second kappa shape index (κ2) is 9.86. The summed E-state index contributed by atoms with van der Waals surface area (Å²) >= 11 is 6.26. The van der Waals surface area contributed by atoms with E-state index in [4.69, 9.17) is 25.8 Å². The summed E-state index contributed by atoms with van der Waals surface area (Å²) in [6.07, 6.45) is 0.986. The number of halogens is 1. The van der Waals surface area contributed by atoms with Gasteiger partial charge in [-0.25, -0.2) is 0 Å². The molecule has 0 spiro atoms. The number of nitrogens with one attached hydrogen (secondary N) is 1. The summed E-state index contributed by atoms with van der Waals surface area (Å²) < 4.78 is 16.1. The summed E-state index contributed by atoms with van der Waals surface area (Å²) in [7, 11) is 1.63. The molecule has 4 nitrogen and oxygen atoms in total. The summed E-state index contributed by atoms with van der Waals surface area (Å²) in [6, 6.07) is 3.73. The molecule has 0 radical (unpaired) electrons. The Bertz CT molecular complexity index is 399. The lowest BCUT2D eigenvalue weighted by Gasteiger charge is -2.13. The van der Waals surface area contributed by atoms with Crippen LogP contribution in [0.4, 0.5) is 0 Å². The zero-order valence-corrected chi connectivity index (χ0v) is 13.3. The summed E-state index contributed by atoms with van der Waals surface area (Å²) in [5.41, 5.74) is 1.00. The molecule has 1 N–H and O–H groups in total. The molecule has 1 rings (SSSR count). The highest BCUT2D eigenvalue weighted by Crippen LogP contribution is 2.33. The molecule has 20 heavy (non-hydrogen) atoms. The Morgan fingerprint density at radius 2 is 1.95 bits per heavy atom. The van der Waals surface area contributed by atoms with Crippen LogP contribution >= 0.6 is 11.6 Å². The molecule has 0 saturated carbocycles. The molecule has 1 aromatic rings. The van der Waals surface area contributed by atoms with E-state index in [1.165, 1.54) is 0 Å². The van der Waals surface area contributed by atoms with E-state index in [0.717, 1.165) is 31.7 Å². The Labute approximate surface area is 126 Å². The lowest BCUT2D eigenvalue weighted by molar-refractivity contribution is 0.144. The van der Waals surface area contributed by atoms with Crippen LogP contribution in [0.2, 0.25) is 5.02 Å². The minimum Gasteiger partial charge on any atom is -0.493 e. The molecule has 0 aliphatic carbocycles. The van der Waals surface area contributed by atoms with Gasteiger partial charge in [-0.1, -0.05) is 11.6 Å². The van der Waals surface area contributed by atoms with Crippen molar-refractivity contribution in [1.82, 2.24) is 5.32 Å². The number of benzene rings is 1. The first-order chi connectivity index (χ1) is 9.72. The molecule has 1 aromatic carbocycles. The third-order valence-corrected chi connectivity index (χ3v) is 3.15. The Morgan fingerprint density at radius 1 is 1.15 bits per heavy atom. The van der Waals surface area contributed by atoms with Crippen LogP contribution in [0, 0.1) is 0 Å². The van der Waals surface area contributed by atoms with Crippen molar-refractivity contribution in [3.63, 3.8) is 0 Å². The van der Waals surface area contributed by atoms with Gasteiger partial charge in [0, 0.05) is 30.8 Å². The zero-order valence-electron chi connectivity index (χ0n) is 12.5. The Morgan fingerprint density at radius 3 is 2.60 bits per heavy atom. The maximum Gasteiger partial charge on any atom is 0.162 e. The predicted molar refractivity (Wildman–Crippen MR) is 82.0 cm³/mol. The van der Waals surface area contributed by atoms with Crippen LogP contribution in [0.1, 0.15) is 25.8 Å². The second-order valence-electron chi connectivity index (χ2n) is 4.25. The largest absolute Gasteiger partial charge is 0.493 e. The van der Waals surface area contributed by atoms with Gasteiger partial charge in [0.15, 0.2) is 11.5 Å². The van der Waals surface area contributed by atoms with E-state index >= 15 is 0 Å². The number of hydrogen-bond acceptors (Lipinski definition) is 4. The van der Waals surface area contributed by atoms with E-state index in [-0.39, 0.29) is 0 Å². The number of methoxy groups -OCH3 is 1. The van der Waals surface area contributed by atoms with Crippen LogP contribution in [0.5, 0.6) is 11.5 Å². The van der Waals surface area contributed by atoms with E-state index in [2.05, 4.69) is 5.32 Å². The smallest absolute Gasteiger partial charge is 0.162 e. The zero-order chi connectivity index (χ0) is 14.8. The van der Waals surface area contributed by atoms with Crippen LogP contribution in [0.15, 0.2) is 12.1 Å². The van der Waals surface area contributed by atoms with E-state index in [0.29, 0.717) is 29.7 Å². The fourth-order valence-corrected chi connectivity index (χ4v) is 2.03. The van der Waals surface area contributed by atoms with Gasteiger partial charge in [-0.15, -0.1) is 0 Å². The highest BCUT2D eigenvalue weighted by Gasteiger charge is 2.10. The number of rotatable bonds is 10. The maximum atomic E-state index is 6.26. The highest BCUT2D eigenvalue weighted by atomic mass is 35.5. The van der Waals surface area contributed by atoms with Crippen molar-refractivity contribution in [3.8, 4) is 11.5 Å². The average molecular weight is 302 g/mol. The SMILES string of the molecule is CCOCCCNCc1cc(OC)c(OCC)cc1Cl.